The highest BCUT2D eigenvalue weighted by Crippen LogP contribution is 2.18. The van der Waals surface area contributed by atoms with E-state index < -0.39 is 5.97 Å². The smallest absolute Gasteiger partial charge is 0.337 e. The number of hydrogen-bond donors (Lipinski definition) is 2. The Morgan fingerprint density at radius 3 is 2.46 bits per heavy atom. The highest BCUT2D eigenvalue weighted by atomic mass is 16.5. The van der Waals surface area contributed by atoms with Crippen LogP contribution < -0.4 is 10.6 Å². The topological polar surface area (TPSA) is 91.2 Å². The van der Waals surface area contributed by atoms with Gasteiger partial charge in [-0.3, -0.25) is 4.79 Å². The van der Waals surface area contributed by atoms with Crippen LogP contribution in [0.3, 0.4) is 0 Å². The number of carbonyl (C=O) groups excluding carboxylic acids is 2. The van der Waals surface area contributed by atoms with Crippen molar-refractivity contribution in [1.82, 2.24) is 5.32 Å². The zero-order valence-electron chi connectivity index (χ0n) is 13.7. The van der Waals surface area contributed by atoms with E-state index in [1.54, 1.807) is 24.3 Å². The fourth-order valence-electron chi connectivity index (χ4n) is 2.63. The molecule has 0 radical (unpaired) electrons. The summed E-state index contributed by atoms with van der Waals surface area (Å²) < 4.78 is 4.63. The van der Waals surface area contributed by atoms with Crippen molar-refractivity contribution in [2.24, 2.45) is 0 Å². The van der Waals surface area contributed by atoms with Crippen LogP contribution in [0.5, 0.6) is 0 Å². The maximum Gasteiger partial charge on any atom is 0.337 e. The van der Waals surface area contributed by atoms with Gasteiger partial charge in [0.2, 0.25) is 0 Å². The SMILES string of the molecule is COC(=O)c1ccc(NC=C(C#N)C(=O)NC2CCCCC2)cc1. The van der Waals surface area contributed by atoms with Crippen molar-refractivity contribution in [3.05, 3.63) is 41.6 Å². The van der Waals surface area contributed by atoms with Crippen LogP contribution in [0.1, 0.15) is 42.5 Å². The number of nitrogens with one attached hydrogen (secondary N) is 2. The first-order chi connectivity index (χ1) is 11.6. The number of hydrogen-bond acceptors (Lipinski definition) is 5. The number of methoxy groups -OCH3 is 1. The van der Waals surface area contributed by atoms with Crippen LogP contribution >= 0.6 is 0 Å². The van der Waals surface area contributed by atoms with Crippen molar-refractivity contribution in [3.8, 4) is 6.07 Å². The fourth-order valence-corrected chi connectivity index (χ4v) is 2.63. The average molecular weight is 327 g/mol. The number of esters is 1. The molecule has 24 heavy (non-hydrogen) atoms. The van der Waals surface area contributed by atoms with Gasteiger partial charge in [0, 0.05) is 17.9 Å². The molecule has 1 saturated carbocycles. The van der Waals surface area contributed by atoms with Gasteiger partial charge in [-0.15, -0.1) is 0 Å². The molecule has 0 heterocycles. The summed E-state index contributed by atoms with van der Waals surface area (Å²) in [6.45, 7) is 0. The summed E-state index contributed by atoms with van der Waals surface area (Å²) in [6, 6.07) is 8.64. The summed E-state index contributed by atoms with van der Waals surface area (Å²) in [5.41, 5.74) is 1.13. The minimum absolute atomic E-state index is 0.0256. The lowest BCUT2D eigenvalue weighted by Crippen LogP contribution is -2.37. The van der Waals surface area contributed by atoms with E-state index in [2.05, 4.69) is 15.4 Å². The van der Waals surface area contributed by atoms with Gasteiger partial charge in [-0.05, 0) is 37.1 Å². The molecular formula is C18H21N3O3. The molecule has 1 aromatic rings. The molecule has 1 amide bonds. The highest BCUT2D eigenvalue weighted by Gasteiger charge is 2.18. The standard InChI is InChI=1S/C18H21N3O3/c1-24-18(23)13-7-9-15(10-8-13)20-12-14(11-19)17(22)21-16-5-3-2-4-6-16/h7-10,12,16,20H,2-6H2,1H3,(H,21,22). The number of nitriles is 1. The number of amides is 1. The van der Waals surface area contributed by atoms with Crippen LogP contribution in [0.25, 0.3) is 0 Å². The van der Waals surface area contributed by atoms with Crippen molar-refractivity contribution in [2.75, 3.05) is 12.4 Å². The lowest BCUT2D eigenvalue weighted by Gasteiger charge is -2.22. The second-order valence-corrected chi connectivity index (χ2v) is 5.69. The molecule has 0 aliphatic heterocycles. The van der Waals surface area contributed by atoms with Gasteiger partial charge in [0.05, 0.1) is 12.7 Å². The Hall–Kier alpha value is -2.81. The van der Waals surface area contributed by atoms with E-state index in [0.29, 0.717) is 11.3 Å². The van der Waals surface area contributed by atoms with Crippen LogP contribution in [0.2, 0.25) is 0 Å². The Bertz CT molecular complexity index is 653. The molecular weight excluding hydrogens is 306 g/mol. The van der Waals surface area contributed by atoms with Gasteiger partial charge in [0.1, 0.15) is 11.6 Å². The van der Waals surface area contributed by atoms with Crippen molar-refractivity contribution in [1.29, 1.82) is 5.26 Å². The summed E-state index contributed by atoms with van der Waals surface area (Å²) >= 11 is 0. The van der Waals surface area contributed by atoms with Crippen LogP contribution in [0.4, 0.5) is 5.69 Å². The van der Waals surface area contributed by atoms with Crippen molar-refractivity contribution in [3.63, 3.8) is 0 Å². The molecule has 1 fully saturated rings. The van der Waals surface area contributed by atoms with Gasteiger partial charge in [-0.25, -0.2) is 4.79 Å². The van der Waals surface area contributed by atoms with Crippen molar-refractivity contribution in [2.45, 2.75) is 38.1 Å². The molecule has 6 heteroatoms. The maximum absolute atomic E-state index is 12.1. The van der Waals surface area contributed by atoms with E-state index in [-0.39, 0.29) is 17.5 Å². The lowest BCUT2D eigenvalue weighted by atomic mass is 9.95. The quantitative estimate of drug-likeness (QED) is 0.493. The normalized spacial score (nSPS) is 15.2. The van der Waals surface area contributed by atoms with Crippen LogP contribution in [0.15, 0.2) is 36.0 Å². The van der Waals surface area contributed by atoms with E-state index >= 15 is 0 Å². The third-order valence-electron chi connectivity index (χ3n) is 3.99. The van der Waals surface area contributed by atoms with Gasteiger partial charge in [0.25, 0.3) is 5.91 Å². The number of carbonyl (C=O) groups is 2. The Morgan fingerprint density at radius 1 is 1.21 bits per heavy atom. The molecule has 0 saturated heterocycles. The lowest BCUT2D eigenvalue weighted by molar-refractivity contribution is -0.118. The van der Waals surface area contributed by atoms with E-state index in [4.69, 9.17) is 0 Å². The molecule has 6 nitrogen and oxygen atoms in total. The van der Waals surface area contributed by atoms with E-state index in [1.807, 2.05) is 6.07 Å². The Kier molecular flexibility index (Phi) is 6.38. The summed E-state index contributed by atoms with van der Waals surface area (Å²) in [4.78, 5) is 23.5. The molecule has 126 valence electrons. The largest absolute Gasteiger partial charge is 0.465 e. The summed E-state index contributed by atoms with van der Waals surface area (Å²) in [6.07, 6.45) is 6.74. The average Bonchev–Trinajstić information content (AvgIpc) is 2.63. The zero-order valence-corrected chi connectivity index (χ0v) is 13.7. The number of anilines is 1. The molecule has 0 unspecified atom stereocenters. The zero-order chi connectivity index (χ0) is 17.4. The van der Waals surface area contributed by atoms with Gasteiger partial charge >= 0.3 is 5.97 Å². The Balaban J connectivity index is 1.95. The van der Waals surface area contributed by atoms with Crippen LogP contribution in [-0.4, -0.2) is 25.0 Å². The molecule has 0 aromatic heterocycles. The van der Waals surface area contributed by atoms with E-state index in [0.717, 1.165) is 25.7 Å². The Labute approximate surface area is 141 Å². The molecule has 0 bridgehead atoms. The minimum Gasteiger partial charge on any atom is -0.465 e. The monoisotopic (exact) mass is 327 g/mol. The number of rotatable bonds is 5. The number of benzene rings is 1. The summed E-state index contributed by atoms with van der Waals surface area (Å²) in [5, 5.41) is 15.0. The molecule has 1 aliphatic carbocycles. The van der Waals surface area contributed by atoms with Crippen molar-refractivity contribution >= 4 is 17.6 Å². The van der Waals surface area contributed by atoms with E-state index in [1.165, 1.54) is 19.7 Å². The number of nitrogens with zero attached hydrogens (tertiary/aromatic N) is 1. The summed E-state index contributed by atoms with van der Waals surface area (Å²) in [7, 11) is 1.32. The molecule has 0 spiro atoms. The molecule has 1 aliphatic rings. The molecule has 2 N–H and O–H groups in total. The predicted molar refractivity (Wildman–Crippen MR) is 90.1 cm³/mol. The van der Waals surface area contributed by atoms with E-state index in [9.17, 15) is 14.9 Å². The third-order valence-corrected chi connectivity index (χ3v) is 3.99. The minimum atomic E-state index is -0.415. The van der Waals surface area contributed by atoms with Gasteiger partial charge in [-0.1, -0.05) is 19.3 Å². The summed E-state index contributed by atoms with van der Waals surface area (Å²) in [5.74, 6) is -0.773. The Morgan fingerprint density at radius 2 is 1.88 bits per heavy atom. The van der Waals surface area contributed by atoms with Gasteiger partial charge in [-0.2, -0.15) is 5.26 Å². The number of ether oxygens (including phenoxy) is 1. The second kappa shape index (κ2) is 8.73. The van der Waals surface area contributed by atoms with Crippen molar-refractivity contribution < 1.29 is 14.3 Å². The highest BCUT2D eigenvalue weighted by molar-refractivity contribution is 5.97. The predicted octanol–water partition coefficient (Wildman–Crippen LogP) is 2.74. The molecule has 2 rings (SSSR count). The van der Waals surface area contributed by atoms with Gasteiger partial charge < -0.3 is 15.4 Å². The molecule has 0 atom stereocenters. The maximum atomic E-state index is 12.1. The molecule has 1 aromatic carbocycles. The first-order valence-electron chi connectivity index (χ1n) is 8.00. The first-order valence-corrected chi connectivity index (χ1v) is 8.00. The first kappa shape index (κ1) is 17.5. The van der Waals surface area contributed by atoms with Crippen LogP contribution in [-0.2, 0) is 9.53 Å². The fraction of sp³-hybridized carbons (Fsp3) is 0.389. The van der Waals surface area contributed by atoms with Gasteiger partial charge in [0.15, 0.2) is 0 Å². The second-order valence-electron chi connectivity index (χ2n) is 5.69. The van der Waals surface area contributed by atoms with Crippen LogP contribution in [0, 0.1) is 11.3 Å². The third kappa shape index (κ3) is 4.85.